The van der Waals surface area contributed by atoms with Gasteiger partial charge in [-0.25, -0.2) is 0 Å². The Labute approximate surface area is 101 Å². The second-order valence-corrected chi connectivity index (χ2v) is 4.59. The standard InChI is InChI=1S/C13H17N3O/c1-9(15)12(17)16-11-6-4-10(5-7-11)13(2,3)8-14/h4-7,9H,15H2,1-3H3,(H,16,17)/t9-/m1/s1. The van der Waals surface area contributed by atoms with E-state index in [1.807, 2.05) is 26.0 Å². The second kappa shape index (κ2) is 4.98. The highest BCUT2D eigenvalue weighted by Gasteiger charge is 2.19. The number of rotatable bonds is 3. The Hall–Kier alpha value is -1.86. The van der Waals surface area contributed by atoms with Crippen LogP contribution in [0.1, 0.15) is 26.3 Å². The van der Waals surface area contributed by atoms with E-state index in [2.05, 4.69) is 11.4 Å². The first-order valence-electron chi connectivity index (χ1n) is 5.45. The largest absolute Gasteiger partial charge is 0.325 e. The number of amides is 1. The quantitative estimate of drug-likeness (QED) is 0.832. The van der Waals surface area contributed by atoms with E-state index in [4.69, 9.17) is 11.0 Å². The highest BCUT2D eigenvalue weighted by molar-refractivity contribution is 5.94. The minimum Gasteiger partial charge on any atom is -0.325 e. The molecule has 17 heavy (non-hydrogen) atoms. The van der Waals surface area contributed by atoms with E-state index in [1.54, 1.807) is 19.1 Å². The number of benzene rings is 1. The molecule has 1 atom stereocenters. The van der Waals surface area contributed by atoms with Gasteiger partial charge in [-0.2, -0.15) is 5.26 Å². The molecule has 1 rings (SSSR count). The summed E-state index contributed by atoms with van der Waals surface area (Å²) in [5.41, 5.74) is 6.53. The second-order valence-electron chi connectivity index (χ2n) is 4.59. The monoisotopic (exact) mass is 231 g/mol. The minimum absolute atomic E-state index is 0.225. The van der Waals surface area contributed by atoms with Crippen molar-refractivity contribution < 1.29 is 4.79 Å². The molecular weight excluding hydrogens is 214 g/mol. The van der Waals surface area contributed by atoms with Crippen molar-refractivity contribution in [3.8, 4) is 6.07 Å². The van der Waals surface area contributed by atoms with Crippen LogP contribution in [-0.4, -0.2) is 11.9 Å². The maximum absolute atomic E-state index is 11.4. The topological polar surface area (TPSA) is 78.9 Å². The summed E-state index contributed by atoms with van der Waals surface area (Å²) in [5, 5.41) is 11.7. The molecule has 3 N–H and O–H groups in total. The highest BCUT2D eigenvalue weighted by Crippen LogP contribution is 2.23. The molecule has 0 aliphatic carbocycles. The summed E-state index contributed by atoms with van der Waals surface area (Å²) >= 11 is 0. The molecule has 90 valence electrons. The van der Waals surface area contributed by atoms with Crippen molar-refractivity contribution in [1.82, 2.24) is 0 Å². The van der Waals surface area contributed by atoms with E-state index in [-0.39, 0.29) is 5.91 Å². The summed E-state index contributed by atoms with van der Waals surface area (Å²) < 4.78 is 0. The van der Waals surface area contributed by atoms with Gasteiger partial charge >= 0.3 is 0 Å². The van der Waals surface area contributed by atoms with Gasteiger partial charge < -0.3 is 11.1 Å². The molecule has 1 amide bonds. The van der Waals surface area contributed by atoms with Crippen LogP contribution in [0.15, 0.2) is 24.3 Å². The van der Waals surface area contributed by atoms with Gasteiger partial charge in [0.05, 0.1) is 17.5 Å². The van der Waals surface area contributed by atoms with Crippen LogP contribution in [0.4, 0.5) is 5.69 Å². The number of nitrogens with two attached hydrogens (primary N) is 1. The third-order valence-electron chi connectivity index (χ3n) is 2.57. The molecule has 0 heterocycles. The molecule has 0 aromatic heterocycles. The fourth-order valence-electron chi connectivity index (χ4n) is 1.29. The number of carbonyl (C=O) groups is 1. The van der Waals surface area contributed by atoms with Crippen molar-refractivity contribution in [2.24, 2.45) is 5.73 Å². The van der Waals surface area contributed by atoms with Crippen molar-refractivity contribution in [3.05, 3.63) is 29.8 Å². The van der Waals surface area contributed by atoms with E-state index in [9.17, 15) is 4.79 Å². The molecule has 0 saturated carbocycles. The van der Waals surface area contributed by atoms with Crippen LogP contribution in [0.5, 0.6) is 0 Å². The van der Waals surface area contributed by atoms with E-state index in [0.717, 1.165) is 5.56 Å². The van der Waals surface area contributed by atoms with Gasteiger partial charge in [0.2, 0.25) is 5.91 Å². The molecule has 1 aromatic rings. The van der Waals surface area contributed by atoms with Gasteiger partial charge in [-0.15, -0.1) is 0 Å². The van der Waals surface area contributed by atoms with Gasteiger partial charge in [-0.3, -0.25) is 4.79 Å². The number of nitriles is 1. The Morgan fingerprint density at radius 3 is 2.35 bits per heavy atom. The zero-order chi connectivity index (χ0) is 13.1. The number of nitrogens with zero attached hydrogens (tertiary/aromatic N) is 1. The Bertz CT molecular complexity index is 441. The van der Waals surface area contributed by atoms with Crippen LogP contribution in [-0.2, 0) is 10.2 Å². The molecule has 0 fully saturated rings. The first kappa shape index (κ1) is 13.2. The Balaban J connectivity index is 2.83. The molecule has 1 aromatic carbocycles. The van der Waals surface area contributed by atoms with Gasteiger partial charge in [-0.1, -0.05) is 12.1 Å². The van der Waals surface area contributed by atoms with Crippen molar-refractivity contribution in [2.75, 3.05) is 5.32 Å². The summed E-state index contributed by atoms with van der Waals surface area (Å²) in [6.45, 7) is 5.33. The van der Waals surface area contributed by atoms with Crippen LogP contribution in [0.2, 0.25) is 0 Å². The highest BCUT2D eigenvalue weighted by atomic mass is 16.2. The first-order chi connectivity index (χ1) is 7.86. The summed E-state index contributed by atoms with van der Waals surface area (Å²) in [5.74, 6) is -0.225. The lowest BCUT2D eigenvalue weighted by Gasteiger charge is -2.16. The Morgan fingerprint density at radius 1 is 1.41 bits per heavy atom. The number of hydrogen-bond acceptors (Lipinski definition) is 3. The maximum Gasteiger partial charge on any atom is 0.240 e. The summed E-state index contributed by atoms with van der Waals surface area (Å²) in [6.07, 6.45) is 0. The third kappa shape index (κ3) is 3.30. The molecule has 0 bridgehead atoms. The Morgan fingerprint density at radius 2 is 1.94 bits per heavy atom. The molecule has 0 spiro atoms. The summed E-state index contributed by atoms with van der Waals surface area (Å²) in [4.78, 5) is 11.4. The number of carbonyl (C=O) groups excluding carboxylic acids is 1. The first-order valence-corrected chi connectivity index (χ1v) is 5.45. The van der Waals surface area contributed by atoms with Crippen molar-refractivity contribution in [3.63, 3.8) is 0 Å². The summed E-state index contributed by atoms with van der Waals surface area (Å²) in [6, 6.07) is 8.90. The van der Waals surface area contributed by atoms with Crippen molar-refractivity contribution >= 4 is 11.6 Å². The van der Waals surface area contributed by atoms with Gasteiger partial charge in [-0.05, 0) is 38.5 Å². The van der Waals surface area contributed by atoms with Crippen molar-refractivity contribution in [1.29, 1.82) is 5.26 Å². The molecular formula is C13H17N3O. The lowest BCUT2D eigenvalue weighted by atomic mass is 9.86. The van der Waals surface area contributed by atoms with Crippen LogP contribution in [0.25, 0.3) is 0 Å². The third-order valence-corrected chi connectivity index (χ3v) is 2.57. The number of nitrogens with one attached hydrogen (secondary N) is 1. The molecule has 4 heteroatoms. The fraction of sp³-hybridized carbons (Fsp3) is 0.385. The lowest BCUT2D eigenvalue weighted by Crippen LogP contribution is -2.32. The van der Waals surface area contributed by atoms with Gasteiger partial charge in [0, 0.05) is 5.69 Å². The van der Waals surface area contributed by atoms with E-state index >= 15 is 0 Å². The van der Waals surface area contributed by atoms with Crippen LogP contribution < -0.4 is 11.1 Å². The van der Waals surface area contributed by atoms with Gasteiger partial charge in [0.25, 0.3) is 0 Å². The smallest absolute Gasteiger partial charge is 0.240 e. The number of hydrogen-bond donors (Lipinski definition) is 2. The summed E-state index contributed by atoms with van der Waals surface area (Å²) in [7, 11) is 0. The normalized spacial score (nSPS) is 12.6. The van der Waals surface area contributed by atoms with E-state index in [0.29, 0.717) is 5.69 Å². The number of anilines is 1. The van der Waals surface area contributed by atoms with Crippen LogP contribution in [0, 0.1) is 11.3 Å². The average Bonchev–Trinajstić information content (AvgIpc) is 2.29. The maximum atomic E-state index is 11.4. The zero-order valence-electron chi connectivity index (χ0n) is 10.3. The van der Waals surface area contributed by atoms with Crippen molar-refractivity contribution in [2.45, 2.75) is 32.2 Å². The minimum atomic E-state index is -0.537. The van der Waals surface area contributed by atoms with Gasteiger partial charge in [0.1, 0.15) is 0 Å². The Kier molecular flexibility index (Phi) is 3.87. The molecule has 0 saturated heterocycles. The molecule has 0 unspecified atom stereocenters. The molecule has 0 aliphatic rings. The lowest BCUT2D eigenvalue weighted by molar-refractivity contribution is -0.117. The van der Waals surface area contributed by atoms with Crippen LogP contribution >= 0.6 is 0 Å². The van der Waals surface area contributed by atoms with Crippen LogP contribution in [0.3, 0.4) is 0 Å². The molecule has 0 radical (unpaired) electrons. The van der Waals surface area contributed by atoms with E-state index in [1.165, 1.54) is 0 Å². The molecule has 4 nitrogen and oxygen atoms in total. The SMILES string of the molecule is C[C@@H](N)C(=O)Nc1ccc(C(C)(C)C#N)cc1. The predicted octanol–water partition coefficient (Wildman–Crippen LogP) is 1.77. The fourth-order valence-corrected chi connectivity index (χ4v) is 1.29. The average molecular weight is 231 g/mol. The molecule has 0 aliphatic heterocycles. The zero-order valence-corrected chi connectivity index (χ0v) is 10.3. The predicted molar refractivity (Wildman–Crippen MR) is 67.4 cm³/mol. The van der Waals surface area contributed by atoms with E-state index < -0.39 is 11.5 Å². The van der Waals surface area contributed by atoms with Gasteiger partial charge in [0.15, 0.2) is 0 Å².